The number of nitrogen functional groups attached to an aromatic ring is 2. The van der Waals surface area contributed by atoms with Crippen LogP contribution in [0.15, 0.2) is 42.5 Å². The minimum absolute atomic E-state index is 0.00738. The summed E-state index contributed by atoms with van der Waals surface area (Å²) < 4.78 is 5.90. The van der Waals surface area contributed by atoms with Gasteiger partial charge in [-0.05, 0) is 24.3 Å². The SMILES string of the molecule is N#Cc1c(N)nc(N)nc1-c1cc(Cl)ccc1OCc1ccccc1Cl. The number of aromatic nitrogens is 2. The molecular formula is C18H13Cl2N5O. The van der Waals surface area contributed by atoms with Crippen LogP contribution in [0.5, 0.6) is 5.75 Å². The lowest BCUT2D eigenvalue weighted by Crippen LogP contribution is -2.06. The summed E-state index contributed by atoms with van der Waals surface area (Å²) in [6.45, 7) is 0.228. The third-order valence-electron chi connectivity index (χ3n) is 3.60. The van der Waals surface area contributed by atoms with Gasteiger partial charge in [-0.1, -0.05) is 41.4 Å². The number of hydrogen-bond acceptors (Lipinski definition) is 6. The van der Waals surface area contributed by atoms with E-state index in [1.165, 1.54) is 0 Å². The standard InChI is InChI=1S/C18H13Cl2N5O/c19-11-5-6-15(26-9-10-3-1-2-4-14(10)20)12(7-11)16-13(8-21)17(22)25-18(23)24-16/h1-7H,9H2,(H4,22,23,24,25). The molecule has 3 aromatic rings. The molecule has 0 saturated heterocycles. The van der Waals surface area contributed by atoms with Gasteiger partial charge in [0.15, 0.2) is 0 Å². The van der Waals surface area contributed by atoms with Gasteiger partial charge in [0.2, 0.25) is 5.95 Å². The Morgan fingerprint density at radius 2 is 1.85 bits per heavy atom. The molecule has 0 bridgehead atoms. The lowest BCUT2D eigenvalue weighted by atomic mass is 10.1. The lowest BCUT2D eigenvalue weighted by molar-refractivity contribution is 0.307. The van der Waals surface area contributed by atoms with Crippen molar-refractivity contribution in [1.29, 1.82) is 5.26 Å². The quantitative estimate of drug-likeness (QED) is 0.699. The molecule has 3 rings (SSSR count). The molecule has 26 heavy (non-hydrogen) atoms. The van der Waals surface area contributed by atoms with Crippen molar-refractivity contribution in [3.8, 4) is 23.1 Å². The maximum atomic E-state index is 9.41. The van der Waals surface area contributed by atoms with Crippen LogP contribution in [0.4, 0.5) is 11.8 Å². The Morgan fingerprint density at radius 3 is 2.58 bits per heavy atom. The summed E-state index contributed by atoms with van der Waals surface area (Å²) in [5.41, 5.74) is 13.2. The normalized spacial score (nSPS) is 10.3. The van der Waals surface area contributed by atoms with Crippen LogP contribution in [-0.4, -0.2) is 9.97 Å². The highest BCUT2D eigenvalue weighted by atomic mass is 35.5. The van der Waals surface area contributed by atoms with E-state index in [1.807, 2.05) is 24.3 Å². The highest BCUT2D eigenvalue weighted by Crippen LogP contribution is 2.35. The summed E-state index contributed by atoms with van der Waals surface area (Å²) in [4.78, 5) is 7.97. The molecule has 0 spiro atoms. The van der Waals surface area contributed by atoms with E-state index in [2.05, 4.69) is 9.97 Å². The number of nitrogens with zero attached hydrogens (tertiary/aromatic N) is 3. The highest BCUT2D eigenvalue weighted by molar-refractivity contribution is 6.31. The highest BCUT2D eigenvalue weighted by Gasteiger charge is 2.18. The Labute approximate surface area is 160 Å². The number of benzene rings is 2. The summed E-state index contributed by atoms with van der Waals surface area (Å²) >= 11 is 12.3. The number of hydrogen-bond donors (Lipinski definition) is 2. The van der Waals surface area contributed by atoms with Gasteiger partial charge in [0.25, 0.3) is 0 Å². The van der Waals surface area contributed by atoms with Crippen molar-refractivity contribution in [2.24, 2.45) is 0 Å². The minimum Gasteiger partial charge on any atom is -0.488 e. The maximum Gasteiger partial charge on any atom is 0.222 e. The van der Waals surface area contributed by atoms with Gasteiger partial charge in [-0.3, -0.25) is 0 Å². The summed E-state index contributed by atoms with van der Waals surface area (Å²) in [7, 11) is 0. The third kappa shape index (κ3) is 3.64. The van der Waals surface area contributed by atoms with E-state index in [0.717, 1.165) is 5.56 Å². The largest absolute Gasteiger partial charge is 0.488 e. The van der Waals surface area contributed by atoms with Crippen LogP contribution in [0.3, 0.4) is 0 Å². The van der Waals surface area contributed by atoms with Crippen LogP contribution in [0.1, 0.15) is 11.1 Å². The summed E-state index contributed by atoms with van der Waals surface area (Å²) in [5.74, 6) is 0.406. The van der Waals surface area contributed by atoms with Gasteiger partial charge in [0.05, 0.1) is 5.69 Å². The van der Waals surface area contributed by atoms with Crippen LogP contribution in [-0.2, 0) is 6.61 Å². The van der Waals surface area contributed by atoms with Crippen LogP contribution in [0.2, 0.25) is 10.0 Å². The van der Waals surface area contributed by atoms with E-state index in [9.17, 15) is 5.26 Å². The van der Waals surface area contributed by atoms with Crippen molar-refractivity contribution in [3.63, 3.8) is 0 Å². The molecule has 130 valence electrons. The van der Waals surface area contributed by atoms with E-state index < -0.39 is 0 Å². The Balaban J connectivity index is 2.05. The molecular weight excluding hydrogens is 373 g/mol. The molecule has 0 aliphatic carbocycles. The van der Waals surface area contributed by atoms with Gasteiger partial charge in [-0.2, -0.15) is 10.2 Å². The molecule has 0 radical (unpaired) electrons. The third-order valence-corrected chi connectivity index (χ3v) is 4.21. The smallest absolute Gasteiger partial charge is 0.222 e. The predicted molar refractivity (Wildman–Crippen MR) is 102 cm³/mol. The first-order valence-electron chi connectivity index (χ1n) is 7.49. The van der Waals surface area contributed by atoms with E-state index in [4.69, 9.17) is 39.4 Å². The van der Waals surface area contributed by atoms with Crippen molar-refractivity contribution >= 4 is 35.0 Å². The molecule has 1 aromatic heterocycles. The second-order valence-corrected chi connectivity index (χ2v) is 6.17. The molecule has 0 atom stereocenters. The van der Waals surface area contributed by atoms with Gasteiger partial charge in [-0.15, -0.1) is 0 Å². The number of nitriles is 1. The second-order valence-electron chi connectivity index (χ2n) is 5.32. The van der Waals surface area contributed by atoms with E-state index in [1.54, 1.807) is 24.3 Å². The first kappa shape index (κ1) is 17.8. The molecule has 2 aromatic carbocycles. The Bertz CT molecular complexity index is 1020. The molecule has 0 amide bonds. The zero-order valence-electron chi connectivity index (χ0n) is 13.4. The topological polar surface area (TPSA) is 111 Å². The van der Waals surface area contributed by atoms with E-state index >= 15 is 0 Å². The van der Waals surface area contributed by atoms with Crippen LogP contribution in [0, 0.1) is 11.3 Å². The monoisotopic (exact) mass is 385 g/mol. The first-order chi connectivity index (χ1) is 12.5. The Hall–Kier alpha value is -3.01. The van der Waals surface area contributed by atoms with Crippen LogP contribution >= 0.6 is 23.2 Å². The molecule has 6 nitrogen and oxygen atoms in total. The average molecular weight is 386 g/mol. The lowest BCUT2D eigenvalue weighted by Gasteiger charge is -2.14. The molecule has 8 heteroatoms. The molecule has 0 unspecified atom stereocenters. The predicted octanol–water partition coefficient (Wildman–Crippen LogP) is 4.07. The van der Waals surface area contributed by atoms with Crippen molar-refractivity contribution in [3.05, 3.63) is 63.6 Å². The molecule has 0 aliphatic rings. The van der Waals surface area contributed by atoms with Gasteiger partial charge >= 0.3 is 0 Å². The van der Waals surface area contributed by atoms with E-state index in [-0.39, 0.29) is 29.6 Å². The van der Waals surface area contributed by atoms with Gasteiger partial charge in [0.1, 0.15) is 29.8 Å². The zero-order valence-corrected chi connectivity index (χ0v) is 14.9. The molecule has 1 heterocycles. The summed E-state index contributed by atoms with van der Waals surface area (Å²) in [5, 5.41) is 10.5. The molecule has 0 saturated carbocycles. The van der Waals surface area contributed by atoms with Crippen LogP contribution < -0.4 is 16.2 Å². The van der Waals surface area contributed by atoms with Crippen molar-refractivity contribution in [2.45, 2.75) is 6.61 Å². The zero-order chi connectivity index (χ0) is 18.7. The van der Waals surface area contributed by atoms with Gasteiger partial charge in [-0.25, -0.2) is 4.98 Å². The Morgan fingerprint density at radius 1 is 1.08 bits per heavy atom. The molecule has 0 aliphatic heterocycles. The van der Waals surface area contributed by atoms with Crippen LogP contribution in [0.25, 0.3) is 11.3 Å². The fraction of sp³-hybridized carbons (Fsp3) is 0.0556. The summed E-state index contributed by atoms with van der Waals surface area (Å²) in [6, 6.07) is 14.3. The minimum atomic E-state index is -0.0477. The average Bonchev–Trinajstić information content (AvgIpc) is 2.61. The van der Waals surface area contributed by atoms with Gasteiger partial charge in [0, 0.05) is 21.2 Å². The number of nitrogens with two attached hydrogens (primary N) is 2. The van der Waals surface area contributed by atoms with E-state index in [0.29, 0.717) is 21.4 Å². The molecule has 0 fully saturated rings. The summed E-state index contributed by atoms with van der Waals surface area (Å²) in [6.07, 6.45) is 0. The number of anilines is 2. The number of rotatable bonds is 4. The fourth-order valence-electron chi connectivity index (χ4n) is 2.39. The fourth-order valence-corrected chi connectivity index (χ4v) is 2.75. The molecule has 4 N–H and O–H groups in total. The Kier molecular flexibility index (Phi) is 5.12. The van der Waals surface area contributed by atoms with Crippen molar-refractivity contribution in [2.75, 3.05) is 11.5 Å². The second kappa shape index (κ2) is 7.48. The number of ether oxygens (including phenoxy) is 1. The maximum absolute atomic E-state index is 9.41. The number of halogens is 2. The van der Waals surface area contributed by atoms with Gasteiger partial charge < -0.3 is 16.2 Å². The van der Waals surface area contributed by atoms with Crippen molar-refractivity contribution in [1.82, 2.24) is 9.97 Å². The van der Waals surface area contributed by atoms with Crippen molar-refractivity contribution < 1.29 is 4.74 Å². The first-order valence-corrected chi connectivity index (χ1v) is 8.24.